The summed E-state index contributed by atoms with van der Waals surface area (Å²) in [6, 6.07) is 7.13. The zero-order chi connectivity index (χ0) is 19.9. The van der Waals surface area contributed by atoms with Crippen molar-refractivity contribution in [2.45, 2.75) is 23.9 Å². The second-order valence-corrected chi connectivity index (χ2v) is 7.83. The van der Waals surface area contributed by atoms with Crippen LogP contribution in [0.5, 0.6) is 0 Å². The van der Waals surface area contributed by atoms with Gasteiger partial charge in [-0.1, -0.05) is 35.5 Å². The van der Waals surface area contributed by atoms with E-state index in [1.807, 2.05) is 6.07 Å². The van der Waals surface area contributed by atoms with E-state index in [4.69, 9.17) is 11.6 Å². The largest absolute Gasteiger partial charge is 0.480 e. The summed E-state index contributed by atoms with van der Waals surface area (Å²) >= 11 is 7.06. The first kappa shape index (κ1) is 19.2. The zero-order valence-corrected chi connectivity index (χ0v) is 16.4. The SMILES string of the molecule is CC(Sc1nc2c(c(=O)n(C)c(=O)n2C)n1Cc1cccc(Cl)c1)C(=O)O. The van der Waals surface area contributed by atoms with E-state index in [0.29, 0.717) is 10.2 Å². The van der Waals surface area contributed by atoms with Crippen molar-refractivity contribution in [1.29, 1.82) is 0 Å². The van der Waals surface area contributed by atoms with Gasteiger partial charge in [-0.3, -0.25) is 18.7 Å². The van der Waals surface area contributed by atoms with Crippen LogP contribution in [0.3, 0.4) is 0 Å². The van der Waals surface area contributed by atoms with E-state index in [2.05, 4.69) is 4.98 Å². The van der Waals surface area contributed by atoms with Crippen molar-refractivity contribution in [1.82, 2.24) is 18.7 Å². The number of nitrogens with zero attached hydrogens (tertiary/aromatic N) is 4. The number of rotatable bonds is 5. The van der Waals surface area contributed by atoms with Crippen LogP contribution in [0, 0.1) is 0 Å². The third-order valence-electron chi connectivity index (χ3n) is 4.17. The van der Waals surface area contributed by atoms with Crippen LogP contribution in [-0.2, 0) is 25.4 Å². The highest BCUT2D eigenvalue weighted by molar-refractivity contribution is 8.00. The predicted molar refractivity (Wildman–Crippen MR) is 104 cm³/mol. The number of hydrogen-bond acceptors (Lipinski definition) is 5. The number of imidazole rings is 1. The summed E-state index contributed by atoms with van der Waals surface area (Å²) in [5, 5.41) is 9.35. The van der Waals surface area contributed by atoms with Gasteiger partial charge in [0, 0.05) is 19.1 Å². The number of fused-ring (bicyclic) bond motifs is 1. The molecule has 2 aromatic heterocycles. The Bertz CT molecular complexity index is 1160. The van der Waals surface area contributed by atoms with Crippen molar-refractivity contribution in [2.75, 3.05) is 0 Å². The van der Waals surface area contributed by atoms with Crippen LogP contribution in [-0.4, -0.2) is 35.0 Å². The average molecular weight is 409 g/mol. The summed E-state index contributed by atoms with van der Waals surface area (Å²) in [6.07, 6.45) is 0. The van der Waals surface area contributed by atoms with Gasteiger partial charge < -0.3 is 9.67 Å². The normalized spacial score (nSPS) is 12.4. The van der Waals surface area contributed by atoms with E-state index in [0.717, 1.165) is 21.9 Å². The first-order chi connectivity index (χ1) is 12.7. The van der Waals surface area contributed by atoms with Gasteiger partial charge in [0.05, 0.1) is 6.54 Å². The van der Waals surface area contributed by atoms with Gasteiger partial charge in [-0.05, 0) is 24.6 Å². The summed E-state index contributed by atoms with van der Waals surface area (Å²) in [5.41, 5.74) is 0.285. The second-order valence-electron chi connectivity index (χ2n) is 6.09. The quantitative estimate of drug-likeness (QED) is 0.645. The molecular formula is C17H17ClN4O4S. The molecule has 1 N–H and O–H groups in total. The molecule has 3 aromatic rings. The Morgan fingerprint density at radius 1 is 1.30 bits per heavy atom. The first-order valence-electron chi connectivity index (χ1n) is 8.01. The first-order valence-corrected chi connectivity index (χ1v) is 9.26. The molecule has 0 amide bonds. The molecule has 1 unspecified atom stereocenters. The van der Waals surface area contributed by atoms with Crippen LogP contribution in [0.2, 0.25) is 5.02 Å². The zero-order valence-electron chi connectivity index (χ0n) is 14.8. The van der Waals surface area contributed by atoms with Gasteiger partial charge in [0.15, 0.2) is 16.3 Å². The lowest BCUT2D eigenvalue weighted by Crippen LogP contribution is -2.37. The minimum atomic E-state index is -0.997. The standard InChI is InChI=1S/C17H17ClN4O4S/c1-9(15(24)25)27-16-19-13-12(14(23)21(3)17(26)20(13)2)22(16)8-10-5-4-6-11(18)7-10/h4-7,9H,8H2,1-3H3,(H,24,25). The Kier molecular flexibility index (Phi) is 5.16. The van der Waals surface area contributed by atoms with Gasteiger partial charge in [0.1, 0.15) is 5.25 Å². The fourth-order valence-corrected chi connectivity index (χ4v) is 3.74. The molecule has 10 heteroatoms. The summed E-state index contributed by atoms with van der Waals surface area (Å²) < 4.78 is 3.92. The lowest BCUT2D eigenvalue weighted by molar-refractivity contribution is -0.136. The molecule has 0 aliphatic rings. The van der Waals surface area contributed by atoms with E-state index in [1.165, 1.54) is 25.6 Å². The summed E-state index contributed by atoms with van der Waals surface area (Å²) in [6.45, 7) is 1.80. The molecule has 3 rings (SSSR count). The minimum absolute atomic E-state index is 0.213. The maximum absolute atomic E-state index is 12.7. The van der Waals surface area contributed by atoms with Crippen LogP contribution in [0.25, 0.3) is 11.2 Å². The van der Waals surface area contributed by atoms with Gasteiger partial charge in [-0.25, -0.2) is 9.78 Å². The molecule has 0 aliphatic heterocycles. The number of carboxylic acid groups (broad SMARTS) is 1. The molecule has 0 aliphatic carbocycles. The Labute approximate surface area is 163 Å². The van der Waals surface area contributed by atoms with E-state index in [-0.39, 0.29) is 17.7 Å². The molecule has 1 aromatic carbocycles. The van der Waals surface area contributed by atoms with Gasteiger partial charge in [0.2, 0.25) is 0 Å². The summed E-state index contributed by atoms with van der Waals surface area (Å²) in [5.74, 6) is -0.997. The molecule has 8 nitrogen and oxygen atoms in total. The van der Waals surface area contributed by atoms with Crippen molar-refractivity contribution >= 4 is 40.5 Å². The molecular weight excluding hydrogens is 392 g/mol. The number of thioether (sulfide) groups is 1. The highest BCUT2D eigenvalue weighted by Gasteiger charge is 2.23. The van der Waals surface area contributed by atoms with E-state index in [1.54, 1.807) is 22.8 Å². The lowest BCUT2D eigenvalue weighted by Gasteiger charge is -2.11. The molecule has 0 fully saturated rings. The Morgan fingerprint density at radius 2 is 2.00 bits per heavy atom. The fourth-order valence-electron chi connectivity index (χ4n) is 2.69. The molecule has 2 heterocycles. The van der Waals surface area contributed by atoms with E-state index >= 15 is 0 Å². The van der Waals surface area contributed by atoms with Gasteiger partial charge >= 0.3 is 11.7 Å². The molecule has 1 atom stereocenters. The number of aryl methyl sites for hydroxylation is 1. The Balaban J connectivity index is 2.28. The number of aliphatic carboxylic acids is 1. The molecule has 0 bridgehead atoms. The topological polar surface area (TPSA) is 99.1 Å². The van der Waals surface area contributed by atoms with Gasteiger partial charge in [-0.15, -0.1) is 0 Å². The van der Waals surface area contributed by atoms with Crippen LogP contribution in [0.1, 0.15) is 12.5 Å². The fraction of sp³-hybridized carbons (Fsp3) is 0.294. The highest BCUT2D eigenvalue weighted by atomic mass is 35.5. The molecule has 0 saturated carbocycles. The van der Waals surface area contributed by atoms with Gasteiger partial charge in [-0.2, -0.15) is 0 Å². The Morgan fingerprint density at radius 3 is 2.63 bits per heavy atom. The summed E-state index contributed by atoms with van der Waals surface area (Å²) in [7, 11) is 2.92. The highest BCUT2D eigenvalue weighted by Crippen LogP contribution is 2.27. The van der Waals surface area contributed by atoms with Crippen LogP contribution in [0.4, 0.5) is 0 Å². The molecule has 0 spiro atoms. The molecule has 0 radical (unpaired) electrons. The van der Waals surface area contributed by atoms with Crippen molar-refractivity contribution in [3.8, 4) is 0 Å². The molecule has 27 heavy (non-hydrogen) atoms. The van der Waals surface area contributed by atoms with Crippen molar-refractivity contribution in [2.24, 2.45) is 14.1 Å². The third-order valence-corrected chi connectivity index (χ3v) is 5.49. The smallest absolute Gasteiger partial charge is 0.332 e. The average Bonchev–Trinajstić information content (AvgIpc) is 2.96. The molecule has 142 valence electrons. The second kappa shape index (κ2) is 7.24. The lowest BCUT2D eigenvalue weighted by atomic mass is 10.2. The van der Waals surface area contributed by atoms with Crippen molar-refractivity contribution in [3.05, 3.63) is 55.7 Å². The number of hydrogen-bond donors (Lipinski definition) is 1. The number of benzene rings is 1. The third kappa shape index (κ3) is 3.52. The Hall–Kier alpha value is -2.52. The summed E-state index contributed by atoms with van der Waals surface area (Å²) in [4.78, 5) is 40.6. The number of carboxylic acids is 1. The van der Waals surface area contributed by atoms with Crippen molar-refractivity contribution in [3.63, 3.8) is 0 Å². The maximum Gasteiger partial charge on any atom is 0.332 e. The van der Waals surface area contributed by atoms with Crippen LogP contribution >= 0.6 is 23.4 Å². The predicted octanol–water partition coefficient (Wildman–Crippen LogP) is 1.70. The van der Waals surface area contributed by atoms with E-state index in [9.17, 15) is 19.5 Å². The van der Waals surface area contributed by atoms with Crippen molar-refractivity contribution < 1.29 is 9.90 Å². The number of halogens is 1. The monoisotopic (exact) mass is 408 g/mol. The minimum Gasteiger partial charge on any atom is -0.480 e. The maximum atomic E-state index is 12.7. The van der Waals surface area contributed by atoms with Gasteiger partial charge in [0.25, 0.3) is 5.56 Å². The van der Waals surface area contributed by atoms with E-state index < -0.39 is 22.5 Å². The molecule has 0 saturated heterocycles. The van der Waals surface area contributed by atoms with Crippen LogP contribution in [0.15, 0.2) is 39.0 Å². The van der Waals surface area contributed by atoms with Crippen LogP contribution < -0.4 is 11.2 Å². The number of carbonyl (C=O) groups is 1. The number of aromatic nitrogens is 4.